The second kappa shape index (κ2) is 12.7. The van der Waals surface area contributed by atoms with Gasteiger partial charge in [0, 0.05) is 31.1 Å². The maximum absolute atomic E-state index is 14.4. The van der Waals surface area contributed by atoms with Gasteiger partial charge in [-0.3, -0.25) is 14.3 Å². The highest BCUT2D eigenvalue weighted by Gasteiger charge is 2.66. The smallest absolute Gasteiger partial charge is 0.323 e. The molecule has 3 amide bonds. The van der Waals surface area contributed by atoms with Crippen LogP contribution in [0.2, 0.25) is 5.02 Å². The third-order valence-corrected chi connectivity index (χ3v) is 8.02. The van der Waals surface area contributed by atoms with Crippen LogP contribution in [0, 0.1) is 12.7 Å². The van der Waals surface area contributed by atoms with Crippen molar-refractivity contribution in [2.75, 3.05) is 17.7 Å². The predicted octanol–water partition coefficient (Wildman–Crippen LogP) is 8.57. The fourth-order valence-electron chi connectivity index (χ4n) is 3.40. The molecule has 0 aliphatic carbocycles. The number of hydrogen-bond donors (Lipinski definition) is 4. The van der Waals surface area contributed by atoms with Gasteiger partial charge in [0.25, 0.3) is 16.0 Å². The molecule has 0 saturated carbocycles. The van der Waals surface area contributed by atoms with Crippen LogP contribution >= 0.6 is 21.8 Å². The normalized spacial score (nSPS) is 12.8. The molecule has 1 aromatic heterocycles. The van der Waals surface area contributed by atoms with E-state index in [1.807, 2.05) is 17.6 Å². The number of nitrogens with zero attached hydrogens (tertiary/aromatic N) is 1. The lowest BCUT2D eigenvalue weighted by Gasteiger charge is -2.41. The van der Waals surface area contributed by atoms with Crippen LogP contribution in [-0.4, -0.2) is 36.9 Å². The van der Waals surface area contributed by atoms with Crippen molar-refractivity contribution in [1.82, 2.24) is 10.3 Å². The number of urea groups is 1. The van der Waals surface area contributed by atoms with Gasteiger partial charge < -0.3 is 20.7 Å². The van der Waals surface area contributed by atoms with Crippen molar-refractivity contribution in [3.05, 3.63) is 101 Å². The largest absolute Gasteiger partial charge is 0.457 e. The Kier molecular flexibility index (Phi) is 9.93. The molecule has 0 bridgehead atoms. The number of carbonyl (C=O) groups is 2. The first kappa shape index (κ1) is 36.0. The Labute approximate surface area is 263 Å². The molecule has 10 nitrogen and oxygen atoms in total. The lowest BCUT2D eigenvalue weighted by Crippen LogP contribution is -2.20. The number of aromatic nitrogens is 1. The number of amides is 3. The Morgan fingerprint density at radius 1 is 0.891 bits per heavy atom. The molecule has 3 aromatic carbocycles. The molecule has 4 N–H and O–H groups in total. The summed E-state index contributed by atoms with van der Waals surface area (Å²) in [6.07, 6.45) is 1.30. The number of carbonyl (C=O) groups excluding carboxylic acids is 2. The summed E-state index contributed by atoms with van der Waals surface area (Å²) in [5, 5.41) is 5.08. The molecular formula is C27H23ClF6N4O6S2. The van der Waals surface area contributed by atoms with Crippen molar-refractivity contribution in [3.63, 3.8) is 0 Å². The standard InChI is InChI=1S/C20H15ClF6N4O3S.C7H8O3S/c1-28-19(32)17-10-13(6-7-29-17)34-12-3-5-16(15(22)9-12)31-20(33)30-11-2-4-14(21)18(8-11)35(23,24,25,26)27;1-6-2-4-7(5-3-6)11(8,9)10/h2-10H,1H3,(H,28,32)(H2,30,31,33);2-5H,1H3,(H,8,9,10). The zero-order valence-electron chi connectivity index (χ0n) is 23.4. The minimum atomic E-state index is -10.1. The van der Waals surface area contributed by atoms with Gasteiger partial charge in [-0.1, -0.05) is 48.7 Å². The van der Waals surface area contributed by atoms with Crippen LogP contribution in [0.15, 0.2) is 88.8 Å². The molecule has 4 rings (SSSR count). The van der Waals surface area contributed by atoms with Crippen LogP contribution in [0.4, 0.5) is 40.0 Å². The van der Waals surface area contributed by atoms with Crippen molar-refractivity contribution in [3.8, 4) is 11.5 Å². The van der Waals surface area contributed by atoms with E-state index >= 15 is 0 Å². The van der Waals surface area contributed by atoms with Crippen LogP contribution in [0.5, 0.6) is 11.5 Å². The van der Waals surface area contributed by atoms with Gasteiger partial charge in [-0.05, 0) is 55.5 Å². The van der Waals surface area contributed by atoms with Gasteiger partial charge in [-0.2, -0.15) is 8.42 Å². The number of anilines is 2. The first-order valence-corrected chi connectivity index (χ1v) is 16.1. The number of nitrogens with one attached hydrogen (secondary N) is 3. The van der Waals surface area contributed by atoms with E-state index in [-0.39, 0.29) is 28.2 Å². The molecule has 4 aromatic rings. The molecule has 0 radical (unpaired) electrons. The minimum absolute atomic E-state index is 0.0132. The molecule has 19 heteroatoms. The van der Waals surface area contributed by atoms with E-state index in [0.717, 1.165) is 23.8 Å². The van der Waals surface area contributed by atoms with Gasteiger partial charge in [0.2, 0.25) is 0 Å². The highest BCUT2D eigenvalue weighted by atomic mass is 35.5. The molecule has 46 heavy (non-hydrogen) atoms. The van der Waals surface area contributed by atoms with Crippen molar-refractivity contribution in [1.29, 1.82) is 0 Å². The number of benzene rings is 3. The monoisotopic (exact) mass is 712 g/mol. The third-order valence-electron chi connectivity index (χ3n) is 5.54. The first-order chi connectivity index (χ1) is 21.0. The molecule has 0 aliphatic rings. The molecule has 0 unspecified atom stereocenters. The van der Waals surface area contributed by atoms with E-state index in [2.05, 4.69) is 10.3 Å². The fourth-order valence-corrected chi connectivity index (χ4v) is 5.22. The molecule has 0 fully saturated rings. The lowest BCUT2D eigenvalue weighted by atomic mass is 10.2. The van der Waals surface area contributed by atoms with Crippen LogP contribution in [0.1, 0.15) is 16.1 Å². The third kappa shape index (κ3) is 10.3. The Morgan fingerprint density at radius 2 is 1.52 bits per heavy atom. The summed E-state index contributed by atoms with van der Waals surface area (Å²) in [4.78, 5) is 25.1. The Hall–Kier alpha value is -4.52. The maximum Gasteiger partial charge on any atom is 0.323 e. The summed E-state index contributed by atoms with van der Waals surface area (Å²) in [5.41, 5.74) is -0.0361. The number of rotatable bonds is 7. The van der Waals surface area contributed by atoms with E-state index in [0.29, 0.717) is 6.07 Å². The zero-order chi connectivity index (χ0) is 34.6. The second-order valence-corrected chi connectivity index (χ2v) is 13.4. The number of ether oxygens (including phenoxy) is 1. The molecule has 0 spiro atoms. The quantitative estimate of drug-likeness (QED) is 0.111. The summed E-state index contributed by atoms with van der Waals surface area (Å²) in [6, 6.07) is 12.1. The summed E-state index contributed by atoms with van der Waals surface area (Å²) in [6.45, 7) is 1.84. The zero-order valence-corrected chi connectivity index (χ0v) is 25.8. The summed E-state index contributed by atoms with van der Waals surface area (Å²) < 4.78 is 115. The minimum Gasteiger partial charge on any atom is -0.457 e. The summed E-state index contributed by atoms with van der Waals surface area (Å²) in [7, 11) is -12.7. The molecule has 0 aliphatic heterocycles. The topological polar surface area (TPSA) is 147 Å². The van der Waals surface area contributed by atoms with Gasteiger partial charge in [0.05, 0.1) is 15.6 Å². The molecule has 1 heterocycles. The highest BCUT2D eigenvalue weighted by molar-refractivity contribution is 8.45. The van der Waals surface area contributed by atoms with E-state index in [9.17, 15) is 41.8 Å². The Bertz CT molecular complexity index is 1900. The molecule has 248 valence electrons. The van der Waals surface area contributed by atoms with Gasteiger partial charge in [0.15, 0.2) is 0 Å². The average Bonchev–Trinajstić information content (AvgIpc) is 2.94. The average molecular weight is 713 g/mol. The fraction of sp³-hybridized carbons (Fsp3) is 0.0741. The van der Waals surface area contributed by atoms with Crippen molar-refractivity contribution in [2.24, 2.45) is 0 Å². The molecule has 0 atom stereocenters. The maximum atomic E-state index is 14.4. The molecule has 0 saturated heterocycles. The van der Waals surface area contributed by atoms with E-state index in [4.69, 9.17) is 20.9 Å². The van der Waals surface area contributed by atoms with E-state index in [1.165, 1.54) is 43.6 Å². The number of hydrogen-bond acceptors (Lipinski definition) is 6. The van der Waals surface area contributed by atoms with Crippen molar-refractivity contribution < 1.29 is 51.1 Å². The van der Waals surface area contributed by atoms with Crippen molar-refractivity contribution >= 4 is 55.3 Å². The molecular weight excluding hydrogens is 690 g/mol. The Morgan fingerprint density at radius 3 is 2.09 bits per heavy atom. The number of halogens is 7. The van der Waals surface area contributed by atoms with Gasteiger partial charge in [-0.15, -0.1) is 0 Å². The summed E-state index contributed by atoms with van der Waals surface area (Å²) >= 11 is 5.27. The number of pyridine rings is 1. The van der Waals surface area contributed by atoms with Gasteiger partial charge >= 0.3 is 16.3 Å². The number of aryl methyl sites for hydroxylation is 1. The SMILES string of the molecule is CNC(=O)c1cc(Oc2ccc(NC(=O)Nc3ccc(Cl)c(S(F)(F)(F)(F)F)c3)c(F)c2)ccn1.Cc1ccc(S(=O)(=O)O)cc1. The van der Waals surface area contributed by atoms with E-state index in [1.54, 1.807) is 12.1 Å². The summed E-state index contributed by atoms with van der Waals surface area (Å²) in [5.74, 6) is -1.30. The van der Waals surface area contributed by atoms with Gasteiger partial charge in [-0.25, -0.2) is 9.18 Å². The van der Waals surface area contributed by atoms with Crippen LogP contribution in [-0.2, 0) is 10.1 Å². The van der Waals surface area contributed by atoms with Crippen molar-refractivity contribution in [2.45, 2.75) is 16.7 Å². The van der Waals surface area contributed by atoms with Crippen LogP contribution < -0.4 is 20.7 Å². The lowest BCUT2D eigenvalue weighted by molar-refractivity contribution is 0.0957. The Balaban J connectivity index is 0.000000441. The van der Waals surface area contributed by atoms with E-state index < -0.39 is 59.4 Å². The van der Waals surface area contributed by atoms with Crippen LogP contribution in [0.25, 0.3) is 0 Å². The highest BCUT2D eigenvalue weighted by Crippen LogP contribution is 3.02. The predicted molar refractivity (Wildman–Crippen MR) is 161 cm³/mol. The first-order valence-electron chi connectivity index (χ1n) is 12.4. The second-order valence-electron chi connectivity index (χ2n) is 9.18. The van der Waals surface area contributed by atoms with Crippen LogP contribution in [0.3, 0.4) is 0 Å². The van der Waals surface area contributed by atoms with Gasteiger partial charge in [0.1, 0.15) is 27.9 Å².